The van der Waals surface area contributed by atoms with Crippen molar-refractivity contribution in [3.05, 3.63) is 95.4 Å². The molecule has 0 saturated carbocycles. The van der Waals surface area contributed by atoms with E-state index in [4.69, 9.17) is 4.74 Å². The molecule has 0 aromatic heterocycles. The van der Waals surface area contributed by atoms with Crippen molar-refractivity contribution in [1.29, 1.82) is 0 Å². The summed E-state index contributed by atoms with van der Waals surface area (Å²) in [6.45, 7) is 1.86. The summed E-state index contributed by atoms with van der Waals surface area (Å²) in [6, 6.07) is 26.0. The van der Waals surface area contributed by atoms with Crippen molar-refractivity contribution in [2.45, 2.75) is 0 Å². The monoisotopic (exact) mass is 556 g/mol. The smallest absolute Gasteiger partial charge is 0.294 e. The molecule has 2 aliphatic rings. The number of thioether (sulfide) groups is 1. The van der Waals surface area contributed by atoms with Gasteiger partial charge in [0.15, 0.2) is 6.61 Å². The third-order valence-electron chi connectivity index (χ3n) is 6.54. The number of amides is 4. The van der Waals surface area contributed by atoms with Gasteiger partial charge < -0.3 is 19.9 Å². The van der Waals surface area contributed by atoms with E-state index in [0.717, 1.165) is 22.3 Å². The van der Waals surface area contributed by atoms with Crippen LogP contribution in [0.4, 0.5) is 16.2 Å². The van der Waals surface area contributed by atoms with Crippen molar-refractivity contribution in [3.63, 3.8) is 0 Å². The van der Waals surface area contributed by atoms with Gasteiger partial charge in [-0.05, 0) is 48.2 Å². The molecule has 40 heavy (non-hydrogen) atoms. The van der Waals surface area contributed by atoms with Gasteiger partial charge in [-0.3, -0.25) is 24.1 Å². The van der Waals surface area contributed by atoms with Gasteiger partial charge in [-0.25, -0.2) is 0 Å². The first-order valence-electron chi connectivity index (χ1n) is 12.9. The number of rotatable bonds is 8. The van der Waals surface area contributed by atoms with Crippen LogP contribution < -0.4 is 15.0 Å². The fraction of sp³-hybridized carbons (Fsp3) is 0.200. The van der Waals surface area contributed by atoms with Gasteiger partial charge in [0.1, 0.15) is 12.3 Å². The fourth-order valence-corrected chi connectivity index (χ4v) is 5.29. The summed E-state index contributed by atoms with van der Waals surface area (Å²) >= 11 is 0.783. The predicted octanol–water partition coefficient (Wildman–Crippen LogP) is 4.09. The van der Waals surface area contributed by atoms with E-state index < -0.39 is 11.1 Å². The van der Waals surface area contributed by atoms with Crippen LogP contribution in [0.5, 0.6) is 5.75 Å². The van der Waals surface area contributed by atoms with Gasteiger partial charge in [0.2, 0.25) is 5.91 Å². The second-order valence-electron chi connectivity index (χ2n) is 9.21. The van der Waals surface area contributed by atoms with Crippen LogP contribution in [0, 0.1) is 0 Å². The number of nitrogens with zero attached hydrogens (tertiary/aromatic N) is 3. The Morgan fingerprint density at radius 3 is 2.23 bits per heavy atom. The van der Waals surface area contributed by atoms with Crippen LogP contribution >= 0.6 is 11.8 Å². The van der Waals surface area contributed by atoms with Crippen molar-refractivity contribution in [3.8, 4) is 5.75 Å². The molecule has 10 heteroatoms. The maximum atomic E-state index is 13.1. The number of benzene rings is 3. The van der Waals surface area contributed by atoms with Crippen LogP contribution in [0.3, 0.4) is 0 Å². The van der Waals surface area contributed by atoms with Gasteiger partial charge in [0.25, 0.3) is 17.1 Å². The zero-order chi connectivity index (χ0) is 27.9. The number of anilines is 2. The zero-order valence-corrected chi connectivity index (χ0v) is 22.5. The Bertz CT molecular complexity index is 1420. The minimum absolute atomic E-state index is 0.191. The molecular formula is C30H28N4O5S. The zero-order valence-electron chi connectivity index (χ0n) is 21.7. The number of ether oxygens (including phenoxy) is 1. The van der Waals surface area contributed by atoms with E-state index in [9.17, 15) is 19.2 Å². The van der Waals surface area contributed by atoms with Crippen molar-refractivity contribution in [2.24, 2.45) is 0 Å². The van der Waals surface area contributed by atoms with Gasteiger partial charge in [-0.15, -0.1) is 0 Å². The first kappa shape index (κ1) is 27.0. The summed E-state index contributed by atoms with van der Waals surface area (Å²) in [5.74, 6) is -0.721. The first-order chi connectivity index (χ1) is 19.5. The fourth-order valence-electron chi connectivity index (χ4n) is 4.46. The summed E-state index contributed by atoms with van der Waals surface area (Å²) in [4.78, 5) is 56.1. The SMILES string of the molecule is O=C(COc1ccccc1C=C1SC(=O)N(CC(=O)N2CCN(c3ccccc3)CC2)C1=O)Nc1ccccc1. The number of hydrogen-bond acceptors (Lipinski definition) is 7. The van der Waals surface area contributed by atoms with E-state index in [-0.39, 0.29) is 29.9 Å². The van der Waals surface area contributed by atoms with Crippen LogP contribution in [0.1, 0.15) is 5.56 Å². The molecule has 3 aromatic rings. The molecule has 4 amide bonds. The maximum absolute atomic E-state index is 13.1. The van der Waals surface area contributed by atoms with Crippen molar-refractivity contribution in [2.75, 3.05) is 49.5 Å². The van der Waals surface area contributed by atoms with Crippen LogP contribution in [0.15, 0.2) is 89.8 Å². The van der Waals surface area contributed by atoms with Crippen LogP contribution in [-0.2, 0) is 14.4 Å². The molecule has 2 saturated heterocycles. The molecular weight excluding hydrogens is 528 g/mol. The average molecular weight is 557 g/mol. The summed E-state index contributed by atoms with van der Waals surface area (Å²) in [7, 11) is 0. The van der Waals surface area contributed by atoms with Crippen LogP contribution in [-0.4, -0.2) is 72.1 Å². The van der Waals surface area contributed by atoms with Gasteiger partial charge >= 0.3 is 0 Å². The summed E-state index contributed by atoms with van der Waals surface area (Å²) in [5.41, 5.74) is 2.31. The summed E-state index contributed by atoms with van der Waals surface area (Å²) < 4.78 is 5.71. The third kappa shape index (κ3) is 6.52. The molecule has 0 radical (unpaired) electrons. The molecule has 0 atom stereocenters. The first-order valence-corrected chi connectivity index (χ1v) is 13.7. The molecule has 9 nitrogen and oxygen atoms in total. The number of imide groups is 1. The van der Waals surface area contributed by atoms with Gasteiger partial charge in [-0.1, -0.05) is 54.6 Å². The molecule has 5 rings (SSSR count). The van der Waals surface area contributed by atoms with E-state index in [1.165, 1.54) is 0 Å². The highest BCUT2D eigenvalue weighted by Crippen LogP contribution is 2.34. The molecule has 0 unspecified atom stereocenters. The minimum atomic E-state index is -0.525. The van der Waals surface area contributed by atoms with Crippen molar-refractivity contribution in [1.82, 2.24) is 9.80 Å². The van der Waals surface area contributed by atoms with E-state index in [2.05, 4.69) is 10.2 Å². The largest absolute Gasteiger partial charge is 0.483 e. The Hall–Kier alpha value is -4.57. The number of hydrogen-bond donors (Lipinski definition) is 1. The molecule has 2 aliphatic heterocycles. The standard InChI is InChI=1S/C30H28N4O5S/c35-27(31-23-10-3-1-4-11-23)21-39-25-14-8-7-9-22(25)19-26-29(37)34(30(38)40-26)20-28(36)33-17-15-32(16-18-33)24-12-5-2-6-13-24/h1-14,19H,15-18,20-21H2,(H,31,35). The Morgan fingerprint density at radius 2 is 1.50 bits per heavy atom. The highest BCUT2D eigenvalue weighted by atomic mass is 32.2. The topological polar surface area (TPSA) is 99.3 Å². The minimum Gasteiger partial charge on any atom is -0.483 e. The van der Waals surface area contributed by atoms with Crippen molar-refractivity contribution >= 4 is 52.2 Å². The lowest BCUT2D eigenvalue weighted by molar-refractivity contribution is -0.136. The van der Waals surface area contributed by atoms with Crippen LogP contribution in [0.25, 0.3) is 6.08 Å². The van der Waals surface area contributed by atoms with Gasteiger partial charge in [-0.2, -0.15) is 0 Å². The number of carbonyl (C=O) groups excluding carboxylic acids is 4. The van der Waals surface area contributed by atoms with E-state index in [1.807, 2.05) is 48.5 Å². The van der Waals surface area contributed by atoms with Gasteiger partial charge in [0.05, 0.1) is 4.91 Å². The second kappa shape index (κ2) is 12.5. The Labute approximate surface area is 236 Å². The van der Waals surface area contributed by atoms with E-state index in [0.29, 0.717) is 43.2 Å². The molecule has 3 aromatic carbocycles. The average Bonchev–Trinajstić information content (AvgIpc) is 3.25. The van der Waals surface area contributed by atoms with E-state index >= 15 is 0 Å². The third-order valence-corrected chi connectivity index (χ3v) is 7.45. The number of piperazine rings is 1. The second-order valence-corrected chi connectivity index (χ2v) is 10.2. The molecule has 0 aliphatic carbocycles. The molecule has 0 bridgehead atoms. The number of carbonyl (C=O) groups is 4. The van der Waals surface area contributed by atoms with E-state index in [1.54, 1.807) is 47.4 Å². The normalized spacial score (nSPS) is 16.4. The predicted molar refractivity (Wildman–Crippen MR) is 155 cm³/mol. The maximum Gasteiger partial charge on any atom is 0.294 e. The Kier molecular flexibility index (Phi) is 8.46. The van der Waals surface area contributed by atoms with Crippen molar-refractivity contribution < 1.29 is 23.9 Å². The highest BCUT2D eigenvalue weighted by Gasteiger charge is 2.37. The van der Waals surface area contributed by atoms with Crippen LogP contribution in [0.2, 0.25) is 0 Å². The molecule has 204 valence electrons. The number of nitrogens with one attached hydrogen (secondary N) is 1. The summed E-state index contributed by atoms with van der Waals surface area (Å²) in [6.07, 6.45) is 1.55. The lowest BCUT2D eigenvalue weighted by Gasteiger charge is -2.36. The number of para-hydroxylation sites is 3. The molecule has 1 N–H and O–H groups in total. The van der Waals surface area contributed by atoms with Gasteiger partial charge in [0, 0.05) is 43.1 Å². The quantitative estimate of drug-likeness (QED) is 0.417. The molecule has 2 heterocycles. The Morgan fingerprint density at radius 1 is 0.850 bits per heavy atom. The summed E-state index contributed by atoms with van der Waals surface area (Å²) in [5, 5.41) is 2.26. The molecule has 2 fully saturated rings. The highest BCUT2D eigenvalue weighted by molar-refractivity contribution is 8.18. The lowest BCUT2D eigenvalue weighted by Crippen LogP contribution is -2.51. The molecule has 0 spiro atoms. The Balaban J connectivity index is 1.18. The lowest BCUT2D eigenvalue weighted by atomic mass is 10.2.